The maximum Gasteiger partial charge on any atom is 0.490 e. The number of nitrogen functional groups attached to an aromatic ring is 1. The number of aromatic nitrogens is 4. The van der Waals surface area contributed by atoms with Gasteiger partial charge in [-0.15, -0.1) is 0 Å². The zero-order chi connectivity index (χ0) is 30.9. The molecule has 0 saturated carbocycles. The summed E-state index contributed by atoms with van der Waals surface area (Å²) in [4.78, 5) is 78.2. The van der Waals surface area contributed by atoms with Crippen molar-refractivity contribution in [3.8, 4) is 0 Å². The number of fused-ring (bicyclic) bond motifs is 1. The van der Waals surface area contributed by atoms with Gasteiger partial charge in [0, 0.05) is 0 Å². The Morgan fingerprint density at radius 1 is 0.800 bits per heavy atom. The lowest BCUT2D eigenvalue weighted by atomic mass is 10.1. The lowest BCUT2D eigenvalue weighted by molar-refractivity contribution is -0.0503. The van der Waals surface area contributed by atoms with Crippen LogP contribution in [0.15, 0.2) is 12.7 Å². The van der Waals surface area contributed by atoms with Crippen molar-refractivity contribution in [2.24, 2.45) is 0 Å². The zero-order valence-electron chi connectivity index (χ0n) is 18.8. The van der Waals surface area contributed by atoms with Crippen molar-refractivity contribution >= 4 is 56.1 Å². The number of nitrogens with zero attached hydrogens (tertiary/aromatic N) is 4. The molecule has 30 heteroatoms. The highest BCUT2D eigenvalue weighted by Crippen LogP contribution is 2.66. The molecule has 2 unspecified atom stereocenters. The lowest BCUT2D eigenvalue weighted by Gasteiger charge is -2.19. The van der Waals surface area contributed by atoms with Crippen molar-refractivity contribution in [2.45, 2.75) is 24.5 Å². The topological polar surface area (TPSA) is 403 Å². The third kappa shape index (κ3) is 11.0. The van der Waals surface area contributed by atoms with E-state index in [0.717, 1.165) is 6.33 Å². The number of anilines is 1. The largest absolute Gasteiger partial charge is 0.490 e. The van der Waals surface area contributed by atoms with Crippen LogP contribution in [0.1, 0.15) is 6.23 Å². The SMILES string of the molecule is Nc1ncnc2c1ncn2[C@@H]1O[C@H](COP(=O)(O)OP(=O)(O)OP(=O)(O)O)[C@@H](O)[C@H]1O.O=P(O)(O)OP(=O)(O)O. The van der Waals surface area contributed by atoms with Gasteiger partial charge in [0.05, 0.1) is 12.9 Å². The Hall–Kier alpha value is -1.10. The summed E-state index contributed by atoms with van der Waals surface area (Å²) < 4.78 is 74.1. The molecule has 0 spiro atoms. The highest BCUT2D eigenvalue weighted by molar-refractivity contribution is 7.66. The molecule has 40 heavy (non-hydrogen) atoms. The van der Waals surface area contributed by atoms with Crippen LogP contribution >= 0.6 is 39.1 Å². The van der Waals surface area contributed by atoms with Crippen LogP contribution in [0.25, 0.3) is 11.2 Å². The van der Waals surface area contributed by atoms with E-state index in [-0.39, 0.29) is 17.0 Å². The van der Waals surface area contributed by atoms with Gasteiger partial charge < -0.3 is 59.8 Å². The highest BCUT2D eigenvalue weighted by atomic mass is 31.3. The highest BCUT2D eigenvalue weighted by Gasteiger charge is 2.47. The van der Waals surface area contributed by atoms with Gasteiger partial charge >= 0.3 is 39.1 Å². The maximum absolute atomic E-state index is 11.8. The van der Waals surface area contributed by atoms with E-state index in [9.17, 15) is 37.9 Å². The summed E-state index contributed by atoms with van der Waals surface area (Å²) in [5.41, 5.74) is 6.00. The normalized spacial score (nSPS) is 25.1. The molecule has 25 nitrogen and oxygen atoms in total. The van der Waals surface area contributed by atoms with Gasteiger partial charge in [-0.3, -0.25) is 9.09 Å². The van der Waals surface area contributed by atoms with Crippen LogP contribution in [0.4, 0.5) is 5.82 Å². The summed E-state index contributed by atoms with van der Waals surface area (Å²) in [5.74, 6) is 0.0426. The van der Waals surface area contributed by atoms with Crippen molar-refractivity contribution in [1.29, 1.82) is 0 Å². The summed E-state index contributed by atoms with van der Waals surface area (Å²) in [5, 5.41) is 20.4. The number of nitrogens with two attached hydrogens (primary N) is 1. The minimum absolute atomic E-state index is 0.0426. The predicted octanol–water partition coefficient (Wildman–Crippen LogP) is -2.44. The second kappa shape index (κ2) is 12.6. The third-order valence-electron chi connectivity index (χ3n) is 4.03. The molecule has 230 valence electrons. The molecule has 1 aliphatic rings. The number of phosphoric acid groups is 5. The van der Waals surface area contributed by atoms with Crippen molar-refractivity contribution in [2.75, 3.05) is 12.3 Å². The average Bonchev–Trinajstić information content (AvgIpc) is 3.24. The molecule has 0 amide bonds. The van der Waals surface area contributed by atoms with Crippen LogP contribution in [0.3, 0.4) is 0 Å². The van der Waals surface area contributed by atoms with Gasteiger partial charge in [0.15, 0.2) is 17.7 Å². The van der Waals surface area contributed by atoms with Gasteiger partial charge in [0.25, 0.3) is 0 Å². The van der Waals surface area contributed by atoms with Gasteiger partial charge in [-0.05, 0) is 0 Å². The molecule has 6 atom stereocenters. The van der Waals surface area contributed by atoms with Crippen LogP contribution in [0.2, 0.25) is 0 Å². The zero-order valence-corrected chi connectivity index (χ0v) is 23.3. The Balaban J connectivity index is 0.000000536. The Bertz CT molecular complexity index is 1410. The van der Waals surface area contributed by atoms with E-state index in [0.29, 0.717) is 0 Å². The second-order valence-corrected chi connectivity index (χ2v) is 14.1. The van der Waals surface area contributed by atoms with Crippen LogP contribution in [-0.4, -0.2) is 93.8 Å². The standard InChI is InChI=1S/C10H16N5O13P3.H4O7P2/c11-8-5-9(13-2-12-8)15(3-14-5)10-7(17)6(16)4(26-10)1-25-30(21,22)28-31(23,24)27-29(18,19)20;1-8(2,3)7-9(4,5)6/h2-4,6-7,10,16-17H,1H2,(H,21,22)(H,23,24)(H2,11,12,13)(H2,18,19,20);(H2,1,2,3)(H2,4,5,6)/t4-,6-,7-,10-;/m1./s1. The van der Waals surface area contributed by atoms with Gasteiger partial charge in [-0.25, -0.2) is 37.8 Å². The Morgan fingerprint density at radius 3 is 1.85 bits per heavy atom. The van der Waals surface area contributed by atoms with Gasteiger partial charge in [-0.1, -0.05) is 0 Å². The Morgan fingerprint density at radius 2 is 1.35 bits per heavy atom. The van der Waals surface area contributed by atoms with E-state index < -0.39 is 70.3 Å². The third-order valence-corrected chi connectivity index (χ3v) is 9.53. The molecule has 0 aromatic carbocycles. The molecule has 12 N–H and O–H groups in total. The maximum atomic E-state index is 11.8. The first-order chi connectivity index (χ1) is 17.9. The summed E-state index contributed by atoms with van der Waals surface area (Å²) in [6, 6.07) is 0. The minimum Gasteiger partial charge on any atom is -0.387 e. The van der Waals surface area contributed by atoms with Crippen molar-refractivity contribution in [3.05, 3.63) is 12.7 Å². The smallest absolute Gasteiger partial charge is 0.387 e. The summed E-state index contributed by atoms with van der Waals surface area (Å²) in [7, 11) is -26.8. The number of imidazole rings is 1. The van der Waals surface area contributed by atoms with Gasteiger partial charge in [0.1, 0.15) is 30.2 Å². The fourth-order valence-corrected chi connectivity index (χ4v) is 6.90. The average molecular weight is 685 g/mol. The molecular formula is C10H20N5O20P5. The molecule has 0 radical (unpaired) electrons. The molecule has 3 rings (SSSR count). The van der Waals surface area contributed by atoms with E-state index in [2.05, 4.69) is 32.4 Å². The van der Waals surface area contributed by atoms with E-state index in [1.807, 2.05) is 0 Å². The van der Waals surface area contributed by atoms with Gasteiger partial charge in [-0.2, -0.15) is 12.9 Å². The molecule has 2 aromatic rings. The molecule has 1 fully saturated rings. The molecule has 0 aliphatic carbocycles. The molecule has 1 saturated heterocycles. The summed E-state index contributed by atoms with van der Waals surface area (Å²) >= 11 is 0. The van der Waals surface area contributed by atoms with Crippen molar-refractivity contribution < 1.29 is 94.4 Å². The van der Waals surface area contributed by atoms with E-state index in [1.54, 1.807) is 0 Å². The lowest BCUT2D eigenvalue weighted by Crippen LogP contribution is -2.33. The Kier molecular flexibility index (Phi) is 11.1. The number of ether oxygens (including phenoxy) is 1. The fraction of sp³-hybridized carbons (Fsp3) is 0.500. The molecule has 1 aliphatic heterocycles. The quantitative estimate of drug-likeness (QED) is 0.116. The molecule has 2 aromatic heterocycles. The predicted molar refractivity (Wildman–Crippen MR) is 121 cm³/mol. The number of phosphoric ester groups is 1. The van der Waals surface area contributed by atoms with Crippen LogP contribution in [0, 0.1) is 0 Å². The fourth-order valence-electron chi connectivity index (χ4n) is 2.76. The van der Waals surface area contributed by atoms with Crippen LogP contribution in [-0.2, 0) is 45.0 Å². The molecule has 0 bridgehead atoms. The van der Waals surface area contributed by atoms with Gasteiger partial charge in [0.2, 0.25) is 0 Å². The number of aliphatic hydroxyl groups is 2. The first-order valence-corrected chi connectivity index (χ1v) is 17.0. The Labute approximate surface area is 220 Å². The van der Waals surface area contributed by atoms with E-state index in [1.165, 1.54) is 10.9 Å². The monoisotopic (exact) mass is 685 g/mol. The van der Waals surface area contributed by atoms with Crippen molar-refractivity contribution in [3.63, 3.8) is 0 Å². The van der Waals surface area contributed by atoms with Crippen molar-refractivity contribution in [1.82, 2.24) is 19.5 Å². The first kappa shape index (κ1) is 35.1. The summed E-state index contributed by atoms with van der Waals surface area (Å²) in [6.45, 7) is -0.956. The number of hydrogen-bond acceptors (Lipinski definition) is 16. The van der Waals surface area contributed by atoms with E-state index in [4.69, 9.17) is 44.7 Å². The van der Waals surface area contributed by atoms with E-state index >= 15 is 0 Å². The number of hydrogen-bond donors (Lipinski definition) is 11. The number of aliphatic hydroxyl groups excluding tert-OH is 2. The molecular weight excluding hydrogens is 665 g/mol. The second-order valence-electron chi connectivity index (χ2n) is 7.08. The van der Waals surface area contributed by atoms with Crippen LogP contribution in [0.5, 0.6) is 0 Å². The summed E-state index contributed by atoms with van der Waals surface area (Å²) in [6.07, 6.45) is -3.69. The first-order valence-electron chi connectivity index (χ1n) is 9.45. The number of rotatable bonds is 10. The van der Waals surface area contributed by atoms with Crippen LogP contribution < -0.4 is 5.73 Å². The minimum atomic E-state index is -5.70. The molecule has 3 heterocycles.